The van der Waals surface area contributed by atoms with Crippen molar-refractivity contribution in [2.24, 2.45) is 0 Å². The minimum absolute atomic E-state index is 0.0386. The van der Waals surface area contributed by atoms with E-state index in [9.17, 15) is 18.0 Å². The molecule has 0 atom stereocenters. The van der Waals surface area contributed by atoms with E-state index in [0.29, 0.717) is 0 Å². The van der Waals surface area contributed by atoms with Gasteiger partial charge in [-0.25, -0.2) is 13.2 Å². The van der Waals surface area contributed by atoms with Gasteiger partial charge in [0.25, 0.3) is 5.91 Å². The molecule has 0 radical (unpaired) electrons. The summed E-state index contributed by atoms with van der Waals surface area (Å²) >= 11 is 2.94. The molecule has 19 heavy (non-hydrogen) atoms. The summed E-state index contributed by atoms with van der Waals surface area (Å²) in [5.74, 6) is -3.23. The first-order valence-corrected chi connectivity index (χ1v) is 5.99. The van der Waals surface area contributed by atoms with Crippen LogP contribution in [-0.4, -0.2) is 5.91 Å². The molecule has 0 heterocycles. The predicted molar refractivity (Wildman–Crippen MR) is 68.4 cm³/mol. The SMILES string of the molecule is O=C(Nc1c(F)cccc1F)c1ccc(Br)c(F)c1. The van der Waals surface area contributed by atoms with Crippen LogP contribution in [0.25, 0.3) is 0 Å². The van der Waals surface area contributed by atoms with Crippen LogP contribution in [0.2, 0.25) is 0 Å². The summed E-state index contributed by atoms with van der Waals surface area (Å²) in [6.45, 7) is 0. The molecular formula is C13H7BrF3NO. The van der Waals surface area contributed by atoms with Crippen molar-refractivity contribution < 1.29 is 18.0 Å². The minimum atomic E-state index is -0.897. The van der Waals surface area contributed by atoms with Gasteiger partial charge in [-0.15, -0.1) is 0 Å². The highest BCUT2D eigenvalue weighted by molar-refractivity contribution is 9.10. The second kappa shape index (κ2) is 5.44. The maximum Gasteiger partial charge on any atom is 0.255 e. The molecule has 2 rings (SSSR count). The number of anilines is 1. The van der Waals surface area contributed by atoms with Crippen molar-refractivity contribution in [3.05, 3.63) is 63.9 Å². The molecule has 2 nitrogen and oxygen atoms in total. The van der Waals surface area contributed by atoms with Crippen molar-refractivity contribution in [2.75, 3.05) is 5.32 Å². The summed E-state index contributed by atoms with van der Waals surface area (Å²) in [6, 6.07) is 6.85. The fraction of sp³-hybridized carbons (Fsp3) is 0. The van der Waals surface area contributed by atoms with Gasteiger partial charge in [-0.1, -0.05) is 6.07 Å². The monoisotopic (exact) mass is 329 g/mol. The van der Waals surface area contributed by atoms with E-state index in [1.807, 2.05) is 0 Å². The van der Waals surface area contributed by atoms with Crippen LogP contribution in [0.15, 0.2) is 40.9 Å². The highest BCUT2D eigenvalue weighted by atomic mass is 79.9. The molecule has 6 heteroatoms. The second-order valence-corrected chi connectivity index (χ2v) is 4.53. The van der Waals surface area contributed by atoms with Gasteiger partial charge < -0.3 is 5.32 Å². The normalized spacial score (nSPS) is 10.3. The number of benzene rings is 2. The molecule has 0 saturated heterocycles. The lowest BCUT2D eigenvalue weighted by atomic mass is 10.2. The molecule has 0 spiro atoms. The number of carbonyl (C=O) groups excluding carboxylic acids is 1. The van der Waals surface area contributed by atoms with Gasteiger partial charge in [-0.2, -0.15) is 0 Å². The molecule has 1 N–H and O–H groups in total. The van der Waals surface area contributed by atoms with E-state index >= 15 is 0 Å². The van der Waals surface area contributed by atoms with Crippen LogP contribution in [0.1, 0.15) is 10.4 Å². The number of rotatable bonds is 2. The molecule has 98 valence electrons. The Hall–Kier alpha value is -1.82. The first-order chi connectivity index (χ1) is 8.99. The zero-order chi connectivity index (χ0) is 14.0. The molecule has 2 aromatic carbocycles. The van der Waals surface area contributed by atoms with Gasteiger partial charge in [0.1, 0.15) is 23.1 Å². The summed E-state index contributed by atoms with van der Waals surface area (Å²) < 4.78 is 40.1. The fourth-order valence-electron chi connectivity index (χ4n) is 1.44. The first-order valence-electron chi connectivity index (χ1n) is 5.19. The molecule has 0 aliphatic heterocycles. The highest BCUT2D eigenvalue weighted by Gasteiger charge is 2.14. The van der Waals surface area contributed by atoms with Crippen molar-refractivity contribution in [1.82, 2.24) is 0 Å². The average molecular weight is 330 g/mol. The number of halogens is 4. The molecular weight excluding hydrogens is 323 g/mol. The lowest BCUT2D eigenvalue weighted by Crippen LogP contribution is -2.14. The van der Waals surface area contributed by atoms with E-state index in [-0.39, 0.29) is 10.0 Å². The van der Waals surface area contributed by atoms with Crippen molar-refractivity contribution >= 4 is 27.5 Å². The number of nitrogens with one attached hydrogen (secondary N) is 1. The molecule has 0 unspecified atom stereocenters. The standard InChI is InChI=1S/C13H7BrF3NO/c14-8-5-4-7(6-11(8)17)13(19)18-12-9(15)2-1-3-10(12)16/h1-6H,(H,18,19). The van der Waals surface area contributed by atoms with Crippen molar-refractivity contribution in [3.63, 3.8) is 0 Å². The smallest absolute Gasteiger partial charge is 0.255 e. The fourth-order valence-corrected chi connectivity index (χ4v) is 1.69. The number of amides is 1. The number of carbonyl (C=O) groups is 1. The van der Waals surface area contributed by atoms with Gasteiger partial charge in [0, 0.05) is 5.56 Å². The number of hydrogen-bond donors (Lipinski definition) is 1. The van der Waals surface area contributed by atoms with E-state index in [2.05, 4.69) is 21.2 Å². The summed E-state index contributed by atoms with van der Waals surface area (Å²) in [5, 5.41) is 2.07. The Labute approximate surface area is 115 Å². The summed E-state index contributed by atoms with van der Waals surface area (Å²) in [6.07, 6.45) is 0. The van der Waals surface area contributed by atoms with Crippen LogP contribution in [-0.2, 0) is 0 Å². The van der Waals surface area contributed by atoms with Gasteiger partial charge >= 0.3 is 0 Å². The molecule has 0 aliphatic rings. The minimum Gasteiger partial charge on any atom is -0.317 e. The van der Waals surface area contributed by atoms with Crippen LogP contribution < -0.4 is 5.32 Å². The van der Waals surface area contributed by atoms with E-state index in [1.165, 1.54) is 18.2 Å². The van der Waals surface area contributed by atoms with Gasteiger partial charge in [-0.3, -0.25) is 4.79 Å². The largest absolute Gasteiger partial charge is 0.317 e. The molecule has 0 aliphatic carbocycles. The molecule has 0 fully saturated rings. The molecule has 0 saturated carbocycles. The van der Waals surface area contributed by atoms with Crippen molar-refractivity contribution in [3.8, 4) is 0 Å². The van der Waals surface area contributed by atoms with E-state index in [1.54, 1.807) is 0 Å². The van der Waals surface area contributed by atoms with Gasteiger partial charge in [0.15, 0.2) is 0 Å². The lowest BCUT2D eigenvalue weighted by Gasteiger charge is -2.07. The average Bonchev–Trinajstić information content (AvgIpc) is 2.37. The number of para-hydroxylation sites is 1. The second-order valence-electron chi connectivity index (χ2n) is 3.68. The number of hydrogen-bond acceptors (Lipinski definition) is 1. The first kappa shape index (κ1) is 13.6. The third-order valence-electron chi connectivity index (χ3n) is 2.38. The predicted octanol–water partition coefficient (Wildman–Crippen LogP) is 4.12. The summed E-state index contributed by atoms with van der Waals surface area (Å²) in [7, 11) is 0. The molecule has 0 bridgehead atoms. The third-order valence-corrected chi connectivity index (χ3v) is 3.03. The van der Waals surface area contributed by atoms with Crippen LogP contribution in [0.4, 0.5) is 18.9 Å². The Bertz CT molecular complexity index is 626. The summed E-state index contributed by atoms with van der Waals surface area (Å²) in [4.78, 5) is 11.8. The Morgan fingerprint density at radius 3 is 2.21 bits per heavy atom. The Morgan fingerprint density at radius 1 is 1.00 bits per heavy atom. The Balaban J connectivity index is 2.28. The third kappa shape index (κ3) is 2.96. The van der Waals surface area contributed by atoms with Crippen LogP contribution in [0.5, 0.6) is 0 Å². The van der Waals surface area contributed by atoms with Gasteiger partial charge in [0.05, 0.1) is 4.47 Å². The van der Waals surface area contributed by atoms with E-state index in [4.69, 9.17) is 0 Å². The Morgan fingerprint density at radius 2 is 1.63 bits per heavy atom. The molecule has 0 aromatic heterocycles. The van der Waals surface area contributed by atoms with E-state index in [0.717, 1.165) is 18.2 Å². The molecule has 2 aromatic rings. The topological polar surface area (TPSA) is 29.1 Å². The lowest BCUT2D eigenvalue weighted by molar-refractivity contribution is 0.102. The zero-order valence-corrected chi connectivity index (χ0v) is 11.0. The maximum atomic E-state index is 13.3. The Kier molecular flexibility index (Phi) is 3.90. The zero-order valence-electron chi connectivity index (χ0n) is 9.38. The highest BCUT2D eigenvalue weighted by Crippen LogP contribution is 2.20. The van der Waals surface area contributed by atoms with Crippen LogP contribution in [0.3, 0.4) is 0 Å². The van der Waals surface area contributed by atoms with E-state index < -0.39 is 29.0 Å². The van der Waals surface area contributed by atoms with Crippen LogP contribution >= 0.6 is 15.9 Å². The maximum absolute atomic E-state index is 13.3. The van der Waals surface area contributed by atoms with Crippen molar-refractivity contribution in [2.45, 2.75) is 0 Å². The van der Waals surface area contributed by atoms with Crippen molar-refractivity contribution in [1.29, 1.82) is 0 Å². The summed E-state index contributed by atoms with van der Waals surface area (Å²) in [5.41, 5.74) is -0.598. The van der Waals surface area contributed by atoms with Gasteiger partial charge in [-0.05, 0) is 46.3 Å². The quantitative estimate of drug-likeness (QED) is 0.882. The molecule has 1 amide bonds. The van der Waals surface area contributed by atoms with Gasteiger partial charge in [0.2, 0.25) is 0 Å². The van der Waals surface area contributed by atoms with Crippen LogP contribution in [0, 0.1) is 17.5 Å².